The van der Waals surface area contributed by atoms with Gasteiger partial charge in [-0.25, -0.2) is 0 Å². The molecule has 0 unspecified atom stereocenters. The molecule has 138 valence electrons. The molecule has 2 amide bonds. The van der Waals surface area contributed by atoms with Gasteiger partial charge in [-0.05, 0) is 25.5 Å². The number of anilines is 1. The third-order valence-corrected chi connectivity index (χ3v) is 3.81. The zero-order valence-corrected chi connectivity index (χ0v) is 15.0. The summed E-state index contributed by atoms with van der Waals surface area (Å²) in [5.74, 6) is -1.01. The molecule has 1 aromatic heterocycles. The van der Waals surface area contributed by atoms with Crippen molar-refractivity contribution in [2.75, 3.05) is 11.9 Å². The lowest BCUT2D eigenvalue weighted by Crippen LogP contribution is -2.26. The van der Waals surface area contributed by atoms with Gasteiger partial charge in [-0.2, -0.15) is 5.10 Å². The Morgan fingerprint density at radius 1 is 1.31 bits per heavy atom. The molecule has 0 fully saturated rings. The first-order chi connectivity index (χ1) is 12.4. The Kier molecular flexibility index (Phi) is 6.29. The van der Waals surface area contributed by atoms with Gasteiger partial charge in [0, 0.05) is 30.9 Å². The van der Waals surface area contributed by atoms with Crippen molar-refractivity contribution < 1.29 is 14.5 Å². The minimum Gasteiger partial charge on any atom is -0.351 e. The number of benzene rings is 1. The minimum absolute atomic E-state index is 0.0465. The van der Waals surface area contributed by atoms with E-state index in [1.165, 1.54) is 23.0 Å². The van der Waals surface area contributed by atoms with Crippen molar-refractivity contribution in [2.45, 2.75) is 26.8 Å². The van der Waals surface area contributed by atoms with Crippen LogP contribution in [0.25, 0.3) is 0 Å². The molecule has 9 nitrogen and oxygen atoms in total. The van der Waals surface area contributed by atoms with Gasteiger partial charge in [0.25, 0.3) is 17.5 Å². The number of nitrogens with zero attached hydrogens (tertiary/aromatic N) is 3. The third-order valence-electron chi connectivity index (χ3n) is 3.49. The van der Waals surface area contributed by atoms with Crippen LogP contribution in [0, 0.1) is 10.1 Å². The van der Waals surface area contributed by atoms with Crippen LogP contribution in [0.1, 0.15) is 41.1 Å². The van der Waals surface area contributed by atoms with Crippen molar-refractivity contribution >= 4 is 34.8 Å². The number of rotatable bonds is 7. The van der Waals surface area contributed by atoms with Crippen LogP contribution < -0.4 is 10.6 Å². The average Bonchev–Trinajstić information content (AvgIpc) is 3.02. The third kappa shape index (κ3) is 4.37. The van der Waals surface area contributed by atoms with Crippen LogP contribution in [0.4, 0.5) is 11.4 Å². The highest BCUT2D eigenvalue weighted by Crippen LogP contribution is 2.25. The van der Waals surface area contributed by atoms with Crippen LogP contribution in [-0.4, -0.2) is 33.1 Å². The number of aromatic nitrogens is 2. The molecule has 0 aliphatic carbocycles. The van der Waals surface area contributed by atoms with E-state index in [1.807, 2.05) is 13.8 Å². The van der Waals surface area contributed by atoms with Crippen LogP contribution >= 0.6 is 11.6 Å². The van der Waals surface area contributed by atoms with Gasteiger partial charge in [-0.3, -0.25) is 24.4 Å². The predicted octanol–water partition coefficient (Wildman–Crippen LogP) is 2.86. The topological polar surface area (TPSA) is 119 Å². The average molecular weight is 380 g/mol. The molecule has 0 spiro atoms. The molecule has 0 aliphatic heterocycles. The van der Waals surface area contributed by atoms with Crippen molar-refractivity contribution in [2.24, 2.45) is 0 Å². The summed E-state index contributed by atoms with van der Waals surface area (Å²) in [5.41, 5.74) is -0.0186. The van der Waals surface area contributed by atoms with Crippen LogP contribution in [0.3, 0.4) is 0 Å². The fraction of sp³-hybridized carbons (Fsp3) is 0.312. The fourth-order valence-electron chi connectivity index (χ4n) is 2.15. The summed E-state index contributed by atoms with van der Waals surface area (Å²) in [6.07, 6.45) is 2.29. The van der Waals surface area contributed by atoms with Crippen LogP contribution in [0.2, 0.25) is 5.02 Å². The highest BCUT2D eigenvalue weighted by Gasteiger charge is 2.21. The van der Waals surface area contributed by atoms with Gasteiger partial charge in [-0.15, -0.1) is 0 Å². The molecule has 0 bridgehead atoms. The van der Waals surface area contributed by atoms with Gasteiger partial charge in [0.15, 0.2) is 5.69 Å². The van der Waals surface area contributed by atoms with Crippen molar-refractivity contribution in [3.8, 4) is 0 Å². The number of aryl methyl sites for hydroxylation is 1. The molecule has 0 aliphatic rings. The molecule has 2 N–H and O–H groups in total. The molecule has 2 aromatic rings. The lowest BCUT2D eigenvalue weighted by molar-refractivity contribution is -0.384. The normalized spacial score (nSPS) is 10.4. The molecule has 0 atom stereocenters. The monoisotopic (exact) mass is 379 g/mol. The van der Waals surface area contributed by atoms with E-state index in [1.54, 1.807) is 0 Å². The quantitative estimate of drug-likeness (QED) is 0.566. The molecule has 1 heterocycles. The number of hydrogen-bond donors (Lipinski definition) is 2. The van der Waals surface area contributed by atoms with Gasteiger partial charge in [0.05, 0.1) is 10.6 Å². The maximum Gasteiger partial charge on any atom is 0.288 e. The molecule has 10 heteroatoms. The first-order valence-electron chi connectivity index (χ1n) is 7.98. The summed E-state index contributed by atoms with van der Waals surface area (Å²) in [4.78, 5) is 35.0. The van der Waals surface area contributed by atoms with E-state index in [9.17, 15) is 19.7 Å². The van der Waals surface area contributed by atoms with Gasteiger partial charge in [-0.1, -0.05) is 18.5 Å². The van der Waals surface area contributed by atoms with Crippen molar-refractivity contribution in [1.82, 2.24) is 15.1 Å². The summed E-state index contributed by atoms with van der Waals surface area (Å²) in [6.45, 7) is 4.75. The van der Waals surface area contributed by atoms with Crippen molar-refractivity contribution in [3.63, 3.8) is 0 Å². The van der Waals surface area contributed by atoms with Gasteiger partial charge < -0.3 is 10.6 Å². The molecule has 0 saturated carbocycles. The minimum atomic E-state index is -0.669. The largest absolute Gasteiger partial charge is 0.351 e. The molecule has 0 radical (unpaired) electrons. The highest BCUT2D eigenvalue weighted by molar-refractivity contribution is 6.32. The Morgan fingerprint density at radius 3 is 2.65 bits per heavy atom. The molecule has 2 rings (SSSR count). The zero-order valence-electron chi connectivity index (χ0n) is 14.3. The summed E-state index contributed by atoms with van der Waals surface area (Å²) < 4.78 is 1.51. The van der Waals surface area contributed by atoms with Crippen LogP contribution in [-0.2, 0) is 6.54 Å². The van der Waals surface area contributed by atoms with E-state index in [4.69, 9.17) is 11.6 Å². The Morgan fingerprint density at radius 2 is 2.04 bits per heavy atom. The van der Waals surface area contributed by atoms with Gasteiger partial charge in [0.2, 0.25) is 0 Å². The van der Waals surface area contributed by atoms with E-state index in [-0.39, 0.29) is 27.7 Å². The lowest BCUT2D eigenvalue weighted by Gasteiger charge is -2.06. The van der Waals surface area contributed by atoms with E-state index in [0.29, 0.717) is 13.1 Å². The second kappa shape index (κ2) is 8.43. The Balaban J connectivity index is 2.28. The SMILES string of the molecule is CCCNC(=O)c1nn(CC)cc1NC(=O)c1ccc(Cl)c([N+](=O)[O-])c1. The predicted molar refractivity (Wildman–Crippen MR) is 96.6 cm³/mol. The summed E-state index contributed by atoms with van der Waals surface area (Å²) >= 11 is 5.75. The second-order valence-electron chi connectivity index (χ2n) is 5.38. The van der Waals surface area contributed by atoms with Crippen LogP contribution in [0.5, 0.6) is 0 Å². The Labute approximate surface area is 154 Å². The zero-order chi connectivity index (χ0) is 19.3. The number of amides is 2. The standard InChI is InChI=1S/C16H18ClN5O4/c1-3-7-18-16(24)14-12(9-21(4-2)20-14)19-15(23)10-5-6-11(17)13(8-10)22(25)26/h5-6,8-9H,3-4,7H2,1-2H3,(H,18,24)(H,19,23). The summed E-state index contributed by atoms with van der Waals surface area (Å²) in [5, 5.41) is 20.3. The second-order valence-corrected chi connectivity index (χ2v) is 5.79. The van der Waals surface area contributed by atoms with Crippen molar-refractivity contribution in [3.05, 3.63) is 50.8 Å². The molecule has 26 heavy (non-hydrogen) atoms. The number of hydrogen-bond acceptors (Lipinski definition) is 5. The maximum atomic E-state index is 12.4. The Bertz CT molecular complexity index is 849. The van der Waals surface area contributed by atoms with Gasteiger partial charge in [0.1, 0.15) is 5.02 Å². The van der Waals surface area contributed by atoms with E-state index in [0.717, 1.165) is 12.5 Å². The summed E-state index contributed by atoms with van der Waals surface area (Å²) in [6, 6.07) is 3.73. The first-order valence-corrected chi connectivity index (χ1v) is 8.36. The van der Waals surface area contributed by atoms with E-state index >= 15 is 0 Å². The van der Waals surface area contributed by atoms with Crippen molar-refractivity contribution in [1.29, 1.82) is 0 Å². The number of nitro benzene ring substituents is 1. The maximum absolute atomic E-state index is 12.4. The first kappa shape index (κ1) is 19.4. The highest BCUT2D eigenvalue weighted by atomic mass is 35.5. The number of nitro groups is 1. The molecular weight excluding hydrogens is 362 g/mol. The number of carbonyl (C=O) groups is 2. The van der Waals surface area contributed by atoms with Gasteiger partial charge >= 0.3 is 0 Å². The van der Waals surface area contributed by atoms with Crippen LogP contribution in [0.15, 0.2) is 24.4 Å². The summed E-state index contributed by atoms with van der Waals surface area (Å²) in [7, 11) is 0. The van der Waals surface area contributed by atoms with E-state index < -0.39 is 16.7 Å². The lowest BCUT2D eigenvalue weighted by atomic mass is 10.2. The molecule has 0 saturated heterocycles. The fourth-order valence-corrected chi connectivity index (χ4v) is 2.34. The Hall–Kier alpha value is -2.94. The molecule has 1 aromatic carbocycles. The number of halogens is 1. The molecular formula is C16H18ClN5O4. The smallest absolute Gasteiger partial charge is 0.288 e. The number of nitrogens with one attached hydrogen (secondary N) is 2. The number of carbonyl (C=O) groups excluding carboxylic acids is 2. The van der Waals surface area contributed by atoms with E-state index in [2.05, 4.69) is 15.7 Å².